The van der Waals surface area contributed by atoms with Crippen molar-refractivity contribution in [1.82, 2.24) is 4.90 Å². The molecule has 6 nitrogen and oxygen atoms in total. The van der Waals surface area contributed by atoms with E-state index in [-0.39, 0.29) is 12.1 Å². The second-order valence-corrected chi connectivity index (χ2v) is 10.2. The van der Waals surface area contributed by atoms with E-state index in [1.54, 1.807) is 7.11 Å². The Kier molecular flexibility index (Phi) is 8.79. The number of benzene rings is 2. The molecule has 0 amide bonds. The van der Waals surface area contributed by atoms with Gasteiger partial charge in [-0.2, -0.15) is 0 Å². The first-order valence-electron chi connectivity index (χ1n) is 11.3. The van der Waals surface area contributed by atoms with Crippen LogP contribution < -0.4 is 9.47 Å². The second kappa shape index (κ2) is 11.4. The number of hydrogen-bond acceptors (Lipinski definition) is 6. The summed E-state index contributed by atoms with van der Waals surface area (Å²) in [5, 5.41) is 0. The second-order valence-electron chi connectivity index (χ2n) is 9.26. The zero-order valence-electron chi connectivity index (χ0n) is 20.2. The Hall–Kier alpha value is -2.09. The Bertz CT molecular complexity index is 956. The van der Waals surface area contributed by atoms with E-state index in [9.17, 15) is 4.79 Å². The summed E-state index contributed by atoms with van der Waals surface area (Å²) >= 11 is 3.50. The van der Waals surface area contributed by atoms with Gasteiger partial charge < -0.3 is 18.9 Å². The van der Waals surface area contributed by atoms with Crippen LogP contribution in [0.4, 0.5) is 0 Å². The minimum Gasteiger partial charge on any atom is -0.496 e. The maximum absolute atomic E-state index is 12.1. The van der Waals surface area contributed by atoms with Crippen molar-refractivity contribution in [3.63, 3.8) is 0 Å². The van der Waals surface area contributed by atoms with Crippen LogP contribution in [0, 0.1) is 6.92 Å². The SMILES string of the molecule is COc1ccc(Br)cc1COc1ccc(C2CN(CCC(=O)OC(C)(C)C)CCO2)c(C)c1. The van der Waals surface area contributed by atoms with Crippen LogP contribution in [0.25, 0.3) is 0 Å². The van der Waals surface area contributed by atoms with Crippen molar-refractivity contribution in [2.75, 3.05) is 33.4 Å². The summed E-state index contributed by atoms with van der Waals surface area (Å²) in [5.41, 5.74) is 2.79. The highest BCUT2D eigenvalue weighted by atomic mass is 79.9. The van der Waals surface area contributed by atoms with Gasteiger partial charge in [0.15, 0.2) is 0 Å². The number of esters is 1. The van der Waals surface area contributed by atoms with Crippen LogP contribution in [-0.4, -0.2) is 49.8 Å². The summed E-state index contributed by atoms with van der Waals surface area (Å²) in [6, 6.07) is 12.0. The molecular weight excluding hydrogens is 486 g/mol. The molecule has 1 aliphatic rings. The van der Waals surface area contributed by atoms with E-state index in [0.29, 0.717) is 26.2 Å². The van der Waals surface area contributed by atoms with Gasteiger partial charge in [-0.1, -0.05) is 22.0 Å². The molecule has 0 bridgehead atoms. The summed E-state index contributed by atoms with van der Waals surface area (Å²) < 4.78 is 23.9. The fraction of sp³-hybridized carbons (Fsp3) is 0.500. The van der Waals surface area contributed by atoms with Crippen LogP contribution in [0.2, 0.25) is 0 Å². The van der Waals surface area contributed by atoms with Gasteiger partial charge >= 0.3 is 5.97 Å². The molecule has 0 radical (unpaired) electrons. The normalized spacial score (nSPS) is 17.0. The van der Waals surface area contributed by atoms with Gasteiger partial charge in [0.25, 0.3) is 0 Å². The van der Waals surface area contributed by atoms with Gasteiger partial charge in [0.2, 0.25) is 0 Å². The van der Waals surface area contributed by atoms with Gasteiger partial charge in [0.05, 0.1) is 26.2 Å². The number of hydrogen-bond donors (Lipinski definition) is 0. The molecule has 1 atom stereocenters. The van der Waals surface area contributed by atoms with Crippen molar-refractivity contribution in [1.29, 1.82) is 0 Å². The van der Waals surface area contributed by atoms with Gasteiger partial charge in [-0.3, -0.25) is 9.69 Å². The first kappa shape index (κ1) is 25.5. The predicted octanol–water partition coefficient (Wildman–Crippen LogP) is 5.45. The Balaban J connectivity index is 1.58. The Morgan fingerprint density at radius 2 is 2.00 bits per heavy atom. The molecule has 2 aromatic rings. The monoisotopic (exact) mass is 519 g/mol. The standard InChI is InChI=1S/C26H34BrNO5/c1-18-14-21(32-17-19-15-20(27)6-9-23(19)30-5)7-8-22(18)24-16-28(12-13-31-24)11-10-25(29)33-26(2,3)4/h6-9,14-15,24H,10-13,16-17H2,1-5H3. The number of aryl methyl sites for hydroxylation is 1. The van der Waals surface area contributed by atoms with Crippen molar-refractivity contribution in [3.8, 4) is 11.5 Å². The van der Waals surface area contributed by atoms with E-state index in [1.165, 1.54) is 0 Å². The number of carbonyl (C=O) groups excluding carboxylic acids is 1. The molecular formula is C26H34BrNO5. The Morgan fingerprint density at radius 3 is 2.70 bits per heavy atom. The minimum atomic E-state index is -0.451. The number of methoxy groups -OCH3 is 1. The molecule has 0 N–H and O–H groups in total. The lowest BCUT2D eigenvalue weighted by Crippen LogP contribution is -2.40. The lowest BCUT2D eigenvalue weighted by atomic mass is 10.0. The summed E-state index contributed by atoms with van der Waals surface area (Å²) in [6.07, 6.45) is 0.353. The highest BCUT2D eigenvalue weighted by Gasteiger charge is 2.25. The molecule has 7 heteroatoms. The van der Waals surface area contributed by atoms with Gasteiger partial charge in [-0.05, 0) is 69.2 Å². The van der Waals surface area contributed by atoms with Gasteiger partial charge in [-0.15, -0.1) is 0 Å². The Labute approximate surface area is 205 Å². The lowest BCUT2D eigenvalue weighted by Gasteiger charge is -2.33. The molecule has 0 saturated carbocycles. The van der Waals surface area contributed by atoms with E-state index >= 15 is 0 Å². The van der Waals surface area contributed by atoms with Crippen LogP contribution in [-0.2, 0) is 20.9 Å². The van der Waals surface area contributed by atoms with E-state index in [1.807, 2.05) is 51.1 Å². The number of ether oxygens (including phenoxy) is 4. The van der Waals surface area contributed by atoms with E-state index in [2.05, 4.69) is 33.8 Å². The Morgan fingerprint density at radius 1 is 1.21 bits per heavy atom. The molecule has 33 heavy (non-hydrogen) atoms. The maximum atomic E-state index is 12.1. The van der Waals surface area contributed by atoms with Crippen LogP contribution in [0.1, 0.15) is 50.0 Å². The van der Waals surface area contributed by atoms with Gasteiger partial charge in [0.1, 0.15) is 23.7 Å². The van der Waals surface area contributed by atoms with Gasteiger partial charge in [-0.25, -0.2) is 0 Å². The first-order chi connectivity index (χ1) is 15.6. The third-order valence-electron chi connectivity index (χ3n) is 5.43. The molecule has 1 aliphatic heterocycles. The first-order valence-corrected chi connectivity index (χ1v) is 12.1. The lowest BCUT2D eigenvalue weighted by molar-refractivity contribution is -0.155. The minimum absolute atomic E-state index is 0.0309. The van der Waals surface area contributed by atoms with E-state index in [0.717, 1.165) is 45.8 Å². The molecule has 1 unspecified atom stereocenters. The van der Waals surface area contributed by atoms with E-state index in [4.69, 9.17) is 18.9 Å². The van der Waals surface area contributed by atoms with Gasteiger partial charge in [0, 0.05) is 29.7 Å². The molecule has 2 aromatic carbocycles. The smallest absolute Gasteiger partial charge is 0.307 e. The van der Waals surface area contributed by atoms with Crippen molar-refractivity contribution in [2.24, 2.45) is 0 Å². The van der Waals surface area contributed by atoms with Crippen LogP contribution >= 0.6 is 15.9 Å². The van der Waals surface area contributed by atoms with Crippen LogP contribution in [0.5, 0.6) is 11.5 Å². The molecule has 1 heterocycles. The van der Waals surface area contributed by atoms with Crippen LogP contribution in [0.15, 0.2) is 40.9 Å². The largest absolute Gasteiger partial charge is 0.496 e. The summed E-state index contributed by atoms with van der Waals surface area (Å²) in [7, 11) is 1.66. The van der Waals surface area contributed by atoms with Crippen LogP contribution in [0.3, 0.4) is 0 Å². The average Bonchev–Trinajstić information content (AvgIpc) is 2.75. The zero-order valence-corrected chi connectivity index (χ0v) is 21.7. The quantitative estimate of drug-likeness (QED) is 0.432. The molecule has 180 valence electrons. The third-order valence-corrected chi connectivity index (χ3v) is 5.92. The maximum Gasteiger partial charge on any atom is 0.307 e. The topological polar surface area (TPSA) is 57.2 Å². The molecule has 1 saturated heterocycles. The van der Waals surface area contributed by atoms with Crippen molar-refractivity contribution >= 4 is 21.9 Å². The average molecular weight is 520 g/mol. The summed E-state index contributed by atoms with van der Waals surface area (Å²) in [4.78, 5) is 14.3. The van der Waals surface area contributed by atoms with Crippen molar-refractivity contribution < 1.29 is 23.7 Å². The summed E-state index contributed by atoms with van der Waals surface area (Å²) in [5.74, 6) is 1.44. The molecule has 0 aromatic heterocycles. The zero-order chi connectivity index (χ0) is 24.0. The molecule has 0 spiro atoms. The van der Waals surface area contributed by atoms with Crippen molar-refractivity contribution in [2.45, 2.75) is 52.4 Å². The number of carbonyl (C=O) groups is 1. The predicted molar refractivity (Wildman–Crippen MR) is 132 cm³/mol. The number of morpholine rings is 1. The molecule has 0 aliphatic carbocycles. The number of nitrogens with zero attached hydrogens (tertiary/aromatic N) is 1. The highest BCUT2D eigenvalue weighted by Crippen LogP contribution is 2.29. The van der Waals surface area contributed by atoms with E-state index < -0.39 is 5.60 Å². The molecule has 3 rings (SSSR count). The fourth-order valence-electron chi connectivity index (χ4n) is 3.86. The number of rotatable bonds is 8. The number of halogens is 1. The molecule has 1 fully saturated rings. The highest BCUT2D eigenvalue weighted by molar-refractivity contribution is 9.10. The summed E-state index contributed by atoms with van der Waals surface area (Å²) in [6.45, 7) is 11.0. The van der Waals surface area contributed by atoms with Crippen molar-refractivity contribution in [3.05, 3.63) is 57.6 Å². The third kappa shape index (κ3) is 7.73. The fourth-order valence-corrected chi connectivity index (χ4v) is 4.26.